The van der Waals surface area contributed by atoms with E-state index in [4.69, 9.17) is 14.6 Å². The molecule has 0 aromatic carbocycles. The van der Waals surface area contributed by atoms with E-state index in [1.54, 1.807) is 4.57 Å². The number of aliphatic hydroxyl groups excluding tert-OH is 1. The zero-order valence-electron chi connectivity index (χ0n) is 15.2. The van der Waals surface area contributed by atoms with Crippen LogP contribution in [-0.2, 0) is 30.4 Å². The Morgan fingerprint density at radius 3 is 2.74 bits per heavy atom. The molecule has 27 heavy (non-hydrogen) atoms. The molecular weight excluding hydrogens is 378 g/mol. The van der Waals surface area contributed by atoms with E-state index in [2.05, 4.69) is 33.0 Å². The minimum atomic E-state index is -4.15. The number of nitrogens with zero attached hydrogens (tertiary/aromatic N) is 4. The van der Waals surface area contributed by atoms with E-state index in [9.17, 15) is 13.5 Å². The number of hydrogen-bond donors (Lipinski definition) is 2. The molecule has 3 N–H and O–H groups in total. The van der Waals surface area contributed by atoms with E-state index in [1.165, 1.54) is 19.8 Å². The number of fused-ring (bicyclic) bond motifs is 1. The van der Waals surface area contributed by atoms with Crippen molar-refractivity contribution >= 4 is 21.5 Å². The number of hydrogen-bond acceptors (Lipinski definition) is 9. The topological polar surface area (TPSA) is 152 Å². The Balaban J connectivity index is 1.90. The largest absolute Gasteiger partial charge is 0.387 e. The van der Waals surface area contributed by atoms with E-state index < -0.39 is 41.5 Å². The summed E-state index contributed by atoms with van der Waals surface area (Å²) < 4.78 is 39.4. The summed E-state index contributed by atoms with van der Waals surface area (Å²) in [7, 11) is -2.73. The van der Waals surface area contributed by atoms with Crippen molar-refractivity contribution in [1.82, 2.24) is 19.5 Å². The molecule has 0 bridgehead atoms. The number of aliphatic hydroxyl groups is 1. The summed E-state index contributed by atoms with van der Waals surface area (Å²) >= 11 is 0. The highest BCUT2D eigenvalue weighted by molar-refractivity contribution is 7.84. The van der Waals surface area contributed by atoms with Crippen LogP contribution >= 0.6 is 0 Å². The molecule has 0 radical (unpaired) electrons. The minimum absolute atomic E-state index is 0.393. The first-order valence-electron chi connectivity index (χ1n) is 8.41. The molecule has 0 saturated carbocycles. The molecule has 11 nitrogen and oxygen atoms in total. The third-order valence-corrected chi connectivity index (χ3v) is 4.76. The summed E-state index contributed by atoms with van der Waals surface area (Å²) in [5, 5.41) is 15.3. The normalized spacial score (nSPS) is 26.3. The zero-order chi connectivity index (χ0) is 19.8. The molecule has 0 aliphatic carbocycles. The van der Waals surface area contributed by atoms with Crippen LogP contribution in [0.5, 0.6) is 0 Å². The van der Waals surface area contributed by atoms with Gasteiger partial charge in [0.15, 0.2) is 11.9 Å². The molecule has 2 aromatic heterocycles. The van der Waals surface area contributed by atoms with Gasteiger partial charge in [-0.1, -0.05) is 13.8 Å². The molecule has 1 fully saturated rings. The summed E-state index contributed by atoms with van der Waals surface area (Å²) in [6.45, 7) is 3.73. The molecule has 4 atom stereocenters. The molecule has 1 unspecified atom stereocenters. The van der Waals surface area contributed by atoms with Gasteiger partial charge in [0.2, 0.25) is 0 Å². The lowest BCUT2D eigenvalue weighted by molar-refractivity contribution is -0.0556. The van der Waals surface area contributed by atoms with Crippen molar-refractivity contribution in [3.8, 4) is 0 Å². The second-order valence-corrected chi connectivity index (χ2v) is 8.00. The summed E-state index contributed by atoms with van der Waals surface area (Å²) in [6, 6.07) is 0. The van der Waals surface area contributed by atoms with Crippen LogP contribution < -0.4 is 5.14 Å². The second-order valence-electron chi connectivity index (χ2n) is 6.78. The third kappa shape index (κ3) is 4.25. The highest BCUT2D eigenvalue weighted by Crippen LogP contribution is 2.33. The fraction of sp³-hybridized carbons (Fsp3) is 0.667. The number of imidazole rings is 1. The molecule has 1 aliphatic heterocycles. The monoisotopic (exact) mass is 401 g/mol. The van der Waals surface area contributed by atoms with Gasteiger partial charge in [-0.2, -0.15) is 8.42 Å². The summed E-state index contributed by atoms with van der Waals surface area (Å²) in [6.07, 6.45) is 0.0975. The van der Waals surface area contributed by atoms with Crippen LogP contribution in [0.15, 0.2) is 12.7 Å². The Morgan fingerprint density at radius 2 is 2.11 bits per heavy atom. The maximum absolute atomic E-state index is 11.0. The minimum Gasteiger partial charge on any atom is -0.387 e. The Morgan fingerprint density at radius 1 is 1.37 bits per heavy atom. The van der Waals surface area contributed by atoms with Crippen molar-refractivity contribution in [1.29, 1.82) is 0 Å². The highest BCUT2D eigenvalue weighted by atomic mass is 32.2. The maximum Gasteiger partial charge on any atom is 0.333 e. The first-order valence-corrected chi connectivity index (χ1v) is 9.88. The van der Waals surface area contributed by atoms with E-state index in [0.29, 0.717) is 17.1 Å². The molecule has 0 spiro atoms. The average Bonchev–Trinajstić information content (AvgIpc) is 3.13. The van der Waals surface area contributed by atoms with Gasteiger partial charge in [0.25, 0.3) is 0 Å². The molecule has 3 rings (SSSR count). The van der Waals surface area contributed by atoms with Gasteiger partial charge >= 0.3 is 10.3 Å². The Labute approximate surface area is 156 Å². The Bertz CT molecular complexity index is 901. The predicted molar refractivity (Wildman–Crippen MR) is 93.6 cm³/mol. The molecular formula is C15H23N5O6S. The fourth-order valence-electron chi connectivity index (χ4n) is 3.12. The summed E-state index contributed by atoms with van der Waals surface area (Å²) in [5.41, 5.74) is 1.99. The van der Waals surface area contributed by atoms with Crippen LogP contribution in [0.1, 0.15) is 25.8 Å². The van der Waals surface area contributed by atoms with Crippen LogP contribution in [0.4, 0.5) is 0 Å². The second kappa shape index (κ2) is 7.73. The van der Waals surface area contributed by atoms with Gasteiger partial charge in [-0.25, -0.2) is 20.1 Å². The fourth-order valence-corrected chi connectivity index (χ4v) is 3.44. The number of nitrogens with two attached hydrogens (primary N) is 1. The van der Waals surface area contributed by atoms with Gasteiger partial charge in [0.05, 0.1) is 18.6 Å². The molecule has 1 saturated heterocycles. The molecule has 1 aliphatic rings. The molecule has 150 valence electrons. The number of methoxy groups -OCH3 is 1. The average molecular weight is 401 g/mol. The van der Waals surface area contributed by atoms with Gasteiger partial charge < -0.3 is 14.6 Å². The van der Waals surface area contributed by atoms with E-state index in [-0.39, 0.29) is 0 Å². The number of aromatic nitrogens is 4. The highest BCUT2D eigenvalue weighted by Gasteiger charge is 2.46. The first kappa shape index (κ1) is 20.0. The van der Waals surface area contributed by atoms with Gasteiger partial charge in [-0.05, 0) is 12.3 Å². The smallest absolute Gasteiger partial charge is 0.333 e. The lowest BCUT2D eigenvalue weighted by Crippen LogP contribution is -2.36. The number of ether oxygens (including phenoxy) is 2. The van der Waals surface area contributed by atoms with Crippen LogP contribution in [-0.4, -0.2) is 65.1 Å². The van der Waals surface area contributed by atoms with Crippen LogP contribution in [0, 0.1) is 5.92 Å². The van der Waals surface area contributed by atoms with Crippen molar-refractivity contribution in [3.63, 3.8) is 0 Å². The molecule has 3 heterocycles. The maximum atomic E-state index is 11.0. The molecule has 0 amide bonds. The predicted octanol–water partition coefficient (Wildman–Crippen LogP) is -0.482. The number of rotatable bonds is 7. The first-order chi connectivity index (χ1) is 12.7. The van der Waals surface area contributed by atoms with E-state index in [1.807, 2.05) is 0 Å². The van der Waals surface area contributed by atoms with E-state index >= 15 is 0 Å². The van der Waals surface area contributed by atoms with Crippen LogP contribution in [0.25, 0.3) is 11.2 Å². The molecule has 2 aromatic rings. The van der Waals surface area contributed by atoms with Crippen molar-refractivity contribution in [2.24, 2.45) is 11.1 Å². The quantitative estimate of drug-likeness (QED) is 0.626. The van der Waals surface area contributed by atoms with E-state index in [0.717, 1.165) is 12.1 Å². The SMILES string of the molecule is CO[C@H]1[C@H](O)C(COS(N)(=O)=O)O[C@H]1n1cnc2c(CC(C)C)ncnc21. The van der Waals surface area contributed by atoms with Gasteiger partial charge in [0.1, 0.15) is 30.2 Å². The van der Waals surface area contributed by atoms with Crippen molar-refractivity contribution < 1.29 is 27.2 Å². The third-order valence-electron chi connectivity index (χ3n) is 4.29. The summed E-state index contributed by atoms with van der Waals surface area (Å²) in [4.78, 5) is 13.0. The lowest BCUT2D eigenvalue weighted by atomic mass is 10.1. The van der Waals surface area contributed by atoms with Crippen LogP contribution in [0.3, 0.4) is 0 Å². The lowest BCUT2D eigenvalue weighted by Gasteiger charge is -2.19. The van der Waals surface area contributed by atoms with Crippen molar-refractivity contribution in [2.75, 3.05) is 13.7 Å². The van der Waals surface area contributed by atoms with Crippen molar-refractivity contribution in [3.05, 3.63) is 18.3 Å². The zero-order valence-corrected chi connectivity index (χ0v) is 16.0. The molecule has 12 heteroatoms. The van der Waals surface area contributed by atoms with Crippen molar-refractivity contribution in [2.45, 2.75) is 44.8 Å². The van der Waals surface area contributed by atoms with Gasteiger partial charge in [-0.3, -0.25) is 8.75 Å². The summed E-state index contributed by atoms with van der Waals surface area (Å²) in [5.74, 6) is 0.393. The Kier molecular flexibility index (Phi) is 5.74. The van der Waals surface area contributed by atoms with Crippen LogP contribution in [0.2, 0.25) is 0 Å². The van der Waals surface area contributed by atoms with Gasteiger partial charge in [-0.15, -0.1) is 0 Å². The van der Waals surface area contributed by atoms with Gasteiger partial charge in [0, 0.05) is 7.11 Å². The standard InChI is InChI=1S/C15H23N5O6S/c1-8(2)4-9-11-14(18-6-17-9)20(7-19-11)15-13(24-3)12(21)10(26-15)5-25-27(16,22)23/h6-8,10,12-13,15,21H,4-5H2,1-3H3,(H2,16,22,23)/t10?,12-,13+,15-/m1/s1. The Hall–Kier alpha value is -1.70.